The fourth-order valence-electron chi connectivity index (χ4n) is 2.85. The Hall–Kier alpha value is -1.76. The zero-order valence-electron chi connectivity index (χ0n) is 13.9. The summed E-state index contributed by atoms with van der Waals surface area (Å²) in [5, 5.41) is 0.0358. The molecule has 0 atom stereocenters. The molecule has 0 aliphatic carbocycles. The summed E-state index contributed by atoms with van der Waals surface area (Å²) in [6.07, 6.45) is -1.51. The van der Waals surface area contributed by atoms with Crippen molar-refractivity contribution < 1.29 is 22.8 Å². The van der Waals surface area contributed by atoms with Crippen LogP contribution in [-0.2, 0) is 15.8 Å². The normalized spacial score (nSPS) is 15.2. The number of likely N-dealkylation sites (tertiary alicyclic amines) is 1. The van der Waals surface area contributed by atoms with Gasteiger partial charge in [0.05, 0.1) is 16.3 Å². The predicted octanol–water partition coefficient (Wildman–Crippen LogP) is 4.11. The fraction of sp³-hybridized carbons (Fsp3) is 0.529. The number of hydrogen-bond donors (Lipinski definition) is 0. The van der Waals surface area contributed by atoms with Crippen molar-refractivity contribution in [2.24, 2.45) is 0 Å². The molecule has 8 heteroatoms. The summed E-state index contributed by atoms with van der Waals surface area (Å²) in [4.78, 5) is 27.0. The highest BCUT2D eigenvalue weighted by Gasteiger charge is 2.32. The first kappa shape index (κ1) is 19.6. The molecule has 2 rings (SSSR count). The van der Waals surface area contributed by atoms with Gasteiger partial charge in [-0.25, -0.2) is 0 Å². The number of carbonyl (C=O) groups is 2. The van der Waals surface area contributed by atoms with Crippen LogP contribution in [0, 0.1) is 0 Å². The SMILES string of the molecule is CC(=O)N(CCC(=O)N1CCCCC1)c1cc(C(F)(F)F)ccc1Cl. The third-order valence-corrected chi connectivity index (χ3v) is 4.52. The number of alkyl halides is 3. The first-order valence-electron chi connectivity index (χ1n) is 8.13. The van der Waals surface area contributed by atoms with Gasteiger partial charge in [-0.1, -0.05) is 11.6 Å². The lowest BCUT2D eigenvalue weighted by Gasteiger charge is -2.28. The maximum Gasteiger partial charge on any atom is 0.416 e. The molecule has 1 aliphatic heterocycles. The first-order valence-corrected chi connectivity index (χ1v) is 8.50. The van der Waals surface area contributed by atoms with E-state index in [9.17, 15) is 22.8 Å². The molecule has 1 heterocycles. The van der Waals surface area contributed by atoms with Crippen molar-refractivity contribution in [3.8, 4) is 0 Å². The van der Waals surface area contributed by atoms with E-state index in [0.717, 1.165) is 42.4 Å². The van der Waals surface area contributed by atoms with Crippen LogP contribution in [0.1, 0.15) is 38.2 Å². The second-order valence-electron chi connectivity index (χ2n) is 6.03. The molecule has 0 aromatic heterocycles. The van der Waals surface area contributed by atoms with Gasteiger partial charge in [-0.15, -0.1) is 0 Å². The van der Waals surface area contributed by atoms with E-state index in [1.807, 2.05) is 0 Å². The van der Waals surface area contributed by atoms with E-state index >= 15 is 0 Å². The van der Waals surface area contributed by atoms with Gasteiger partial charge in [0, 0.05) is 33.0 Å². The van der Waals surface area contributed by atoms with Crippen molar-refractivity contribution in [3.63, 3.8) is 0 Å². The Kier molecular flexibility index (Phi) is 6.32. The Balaban J connectivity index is 2.15. The van der Waals surface area contributed by atoms with Gasteiger partial charge >= 0.3 is 6.18 Å². The van der Waals surface area contributed by atoms with Crippen LogP contribution in [0.5, 0.6) is 0 Å². The molecule has 138 valence electrons. The molecule has 25 heavy (non-hydrogen) atoms. The number of carbonyl (C=O) groups excluding carboxylic acids is 2. The minimum atomic E-state index is -4.54. The van der Waals surface area contributed by atoms with E-state index in [0.29, 0.717) is 13.1 Å². The van der Waals surface area contributed by atoms with Crippen LogP contribution < -0.4 is 4.90 Å². The van der Waals surface area contributed by atoms with Gasteiger partial charge in [-0.3, -0.25) is 9.59 Å². The molecular weight excluding hydrogens is 357 g/mol. The molecular formula is C17H20ClF3N2O2. The van der Waals surface area contributed by atoms with Gasteiger partial charge in [0.2, 0.25) is 11.8 Å². The van der Waals surface area contributed by atoms with Gasteiger partial charge in [0.25, 0.3) is 0 Å². The quantitative estimate of drug-likeness (QED) is 0.793. The van der Waals surface area contributed by atoms with Crippen molar-refractivity contribution >= 4 is 29.1 Å². The van der Waals surface area contributed by atoms with Crippen LogP contribution in [0.15, 0.2) is 18.2 Å². The van der Waals surface area contributed by atoms with Crippen molar-refractivity contribution in [3.05, 3.63) is 28.8 Å². The predicted molar refractivity (Wildman–Crippen MR) is 89.5 cm³/mol. The third kappa shape index (κ3) is 5.11. The summed E-state index contributed by atoms with van der Waals surface area (Å²) < 4.78 is 38.7. The first-order chi connectivity index (χ1) is 11.7. The summed E-state index contributed by atoms with van der Waals surface area (Å²) in [7, 11) is 0. The zero-order chi connectivity index (χ0) is 18.6. The molecule has 1 saturated heterocycles. The van der Waals surface area contributed by atoms with Gasteiger partial charge in [-0.05, 0) is 37.5 Å². The number of benzene rings is 1. The van der Waals surface area contributed by atoms with E-state index < -0.39 is 17.6 Å². The molecule has 0 saturated carbocycles. The topological polar surface area (TPSA) is 40.6 Å². The molecule has 4 nitrogen and oxygen atoms in total. The largest absolute Gasteiger partial charge is 0.416 e. The average molecular weight is 377 g/mol. The lowest BCUT2D eigenvalue weighted by Crippen LogP contribution is -2.39. The number of piperidine rings is 1. The number of halogens is 4. The molecule has 2 amide bonds. The Labute approximate surface area is 149 Å². The van der Waals surface area contributed by atoms with Crippen LogP contribution in [0.4, 0.5) is 18.9 Å². The van der Waals surface area contributed by atoms with E-state index in [4.69, 9.17) is 11.6 Å². The van der Waals surface area contributed by atoms with Crippen molar-refractivity contribution in [2.75, 3.05) is 24.5 Å². The van der Waals surface area contributed by atoms with Crippen LogP contribution in [0.3, 0.4) is 0 Å². The number of rotatable bonds is 4. The van der Waals surface area contributed by atoms with E-state index in [2.05, 4.69) is 0 Å². The van der Waals surface area contributed by atoms with E-state index in [1.54, 1.807) is 4.90 Å². The van der Waals surface area contributed by atoms with E-state index in [-0.39, 0.29) is 29.6 Å². The van der Waals surface area contributed by atoms with Crippen molar-refractivity contribution in [1.29, 1.82) is 0 Å². The van der Waals surface area contributed by atoms with Gasteiger partial charge in [0.15, 0.2) is 0 Å². The zero-order valence-corrected chi connectivity index (χ0v) is 14.7. The second-order valence-corrected chi connectivity index (χ2v) is 6.43. The lowest BCUT2D eigenvalue weighted by molar-refractivity contribution is -0.137. The van der Waals surface area contributed by atoms with Crippen LogP contribution in [0.2, 0.25) is 5.02 Å². The molecule has 1 aromatic rings. The Bertz CT molecular complexity index is 643. The number of nitrogens with zero attached hydrogens (tertiary/aromatic N) is 2. The summed E-state index contributed by atoms with van der Waals surface area (Å²) in [5.74, 6) is -0.568. The molecule has 0 spiro atoms. The van der Waals surface area contributed by atoms with Crippen LogP contribution in [0.25, 0.3) is 0 Å². The van der Waals surface area contributed by atoms with Crippen LogP contribution >= 0.6 is 11.6 Å². The Morgan fingerprint density at radius 3 is 2.40 bits per heavy atom. The highest BCUT2D eigenvalue weighted by molar-refractivity contribution is 6.33. The molecule has 1 aromatic carbocycles. The monoisotopic (exact) mass is 376 g/mol. The molecule has 1 fully saturated rings. The molecule has 0 radical (unpaired) electrons. The van der Waals surface area contributed by atoms with Gasteiger partial charge in [-0.2, -0.15) is 13.2 Å². The summed E-state index contributed by atoms with van der Waals surface area (Å²) in [6.45, 7) is 2.60. The average Bonchev–Trinajstić information content (AvgIpc) is 2.55. The summed E-state index contributed by atoms with van der Waals surface area (Å²) in [6, 6.07) is 2.82. The summed E-state index contributed by atoms with van der Waals surface area (Å²) in [5.41, 5.74) is -0.920. The highest BCUT2D eigenvalue weighted by atomic mass is 35.5. The minimum Gasteiger partial charge on any atom is -0.343 e. The Morgan fingerprint density at radius 1 is 1.20 bits per heavy atom. The molecule has 0 bridgehead atoms. The van der Waals surface area contributed by atoms with Crippen LogP contribution in [-0.4, -0.2) is 36.3 Å². The minimum absolute atomic E-state index is 0.00824. The van der Waals surface area contributed by atoms with Gasteiger partial charge < -0.3 is 9.80 Å². The maximum absolute atomic E-state index is 12.9. The van der Waals surface area contributed by atoms with Crippen molar-refractivity contribution in [2.45, 2.75) is 38.8 Å². The van der Waals surface area contributed by atoms with Crippen molar-refractivity contribution in [1.82, 2.24) is 4.90 Å². The highest BCUT2D eigenvalue weighted by Crippen LogP contribution is 2.35. The standard InChI is InChI=1S/C17H20ClF3N2O2/c1-12(24)23(10-7-16(25)22-8-3-2-4-9-22)15-11-13(17(19,20)21)5-6-14(15)18/h5-6,11H,2-4,7-10H2,1H3. The third-order valence-electron chi connectivity index (χ3n) is 4.20. The molecule has 0 unspecified atom stereocenters. The van der Waals surface area contributed by atoms with Gasteiger partial charge in [0.1, 0.15) is 0 Å². The maximum atomic E-state index is 12.9. The number of anilines is 1. The number of hydrogen-bond acceptors (Lipinski definition) is 2. The Morgan fingerprint density at radius 2 is 1.84 bits per heavy atom. The summed E-state index contributed by atoms with van der Waals surface area (Å²) >= 11 is 5.99. The smallest absolute Gasteiger partial charge is 0.343 e. The molecule has 1 aliphatic rings. The second kappa shape index (κ2) is 8.08. The fourth-order valence-corrected chi connectivity index (χ4v) is 3.07. The molecule has 0 N–H and O–H groups in total. The number of amides is 2. The lowest BCUT2D eigenvalue weighted by atomic mass is 10.1. The van der Waals surface area contributed by atoms with E-state index in [1.165, 1.54) is 6.92 Å².